The molecule has 1 atom stereocenters. The lowest BCUT2D eigenvalue weighted by atomic mass is 10.1. The third-order valence-electron chi connectivity index (χ3n) is 2.90. The van der Waals surface area contributed by atoms with Crippen molar-refractivity contribution in [3.63, 3.8) is 0 Å². The predicted molar refractivity (Wildman–Crippen MR) is 75.4 cm³/mol. The number of nitrogens with zero attached hydrogens (tertiary/aromatic N) is 1. The van der Waals surface area contributed by atoms with Crippen molar-refractivity contribution in [3.8, 4) is 0 Å². The summed E-state index contributed by atoms with van der Waals surface area (Å²) >= 11 is 0. The molecule has 1 rings (SSSR count). The molecule has 1 heterocycles. The molecule has 6 heteroatoms. The number of pyridine rings is 1. The van der Waals surface area contributed by atoms with E-state index in [9.17, 15) is 9.59 Å². The lowest BCUT2D eigenvalue weighted by Crippen LogP contribution is -2.46. The number of carboxylic acid groups (broad SMARTS) is 1. The third-order valence-corrected chi connectivity index (χ3v) is 2.90. The van der Waals surface area contributed by atoms with E-state index in [-0.39, 0.29) is 0 Å². The zero-order valence-corrected chi connectivity index (χ0v) is 11.6. The number of nitrogens with one attached hydrogen (secondary N) is 2. The van der Waals surface area contributed by atoms with Crippen LogP contribution < -0.4 is 10.6 Å². The van der Waals surface area contributed by atoms with Crippen LogP contribution in [0.2, 0.25) is 0 Å². The monoisotopic (exact) mass is 279 g/mol. The molecule has 0 aliphatic rings. The summed E-state index contributed by atoms with van der Waals surface area (Å²) in [6.45, 7) is 2.43. The Morgan fingerprint density at radius 1 is 1.35 bits per heavy atom. The van der Waals surface area contributed by atoms with Crippen LogP contribution in [-0.2, 0) is 11.2 Å². The van der Waals surface area contributed by atoms with Crippen LogP contribution in [0.1, 0.15) is 31.7 Å². The highest BCUT2D eigenvalue weighted by Crippen LogP contribution is 2.01. The summed E-state index contributed by atoms with van der Waals surface area (Å²) in [4.78, 5) is 26.5. The van der Waals surface area contributed by atoms with Crippen molar-refractivity contribution in [2.24, 2.45) is 0 Å². The first-order valence-corrected chi connectivity index (χ1v) is 6.79. The van der Waals surface area contributed by atoms with Crippen LogP contribution in [0.4, 0.5) is 4.79 Å². The molecule has 2 amide bonds. The Bertz CT molecular complexity index is 423. The van der Waals surface area contributed by atoms with Crippen LogP contribution in [0.25, 0.3) is 0 Å². The van der Waals surface area contributed by atoms with E-state index in [1.807, 2.05) is 19.1 Å². The van der Waals surface area contributed by atoms with Gasteiger partial charge in [0.15, 0.2) is 0 Å². The van der Waals surface area contributed by atoms with Gasteiger partial charge in [0, 0.05) is 18.9 Å². The van der Waals surface area contributed by atoms with Crippen LogP contribution >= 0.6 is 0 Å². The molecule has 110 valence electrons. The van der Waals surface area contributed by atoms with E-state index >= 15 is 0 Å². The molecule has 1 aromatic rings. The lowest BCUT2D eigenvalue weighted by molar-refractivity contribution is -0.139. The SMILES string of the molecule is CCCCC(NC(=O)NCCc1ccncc1)C(=O)O. The molecule has 0 saturated heterocycles. The van der Waals surface area contributed by atoms with Crippen molar-refractivity contribution in [1.82, 2.24) is 15.6 Å². The topological polar surface area (TPSA) is 91.3 Å². The molecule has 0 aliphatic carbocycles. The number of hydrogen-bond donors (Lipinski definition) is 3. The number of amides is 2. The fourth-order valence-corrected chi connectivity index (χ4v) is 1.74. The number of carbonyl (C=O) groups is 2. The summed E-state index contributed by atoms with van der Waals surface area (Å²) in [5, 5.41) is 14.1. The summed E-state index contributed by atoms with van der Waals surface area (Å²) in [7, 11) is 0. The van der Waals surface area contributed by atoms with E-state index in [1.165, 1.54) is 0 Å². The molecule has 0 saturated carbocycles. The van der Waals surface area contributed by atoms with Gasteiger partial charge >= 0.3 is 12.0 Å². The molecule has 3 N–H and O–H groups in total. The largest absolute Gasteiger partial charge is 0.480 e. The molecule has 0 fully saturated rings. The van der Waals surface area contributed by atoms with E-state index in [0.717, 1.165) is 18.4 Å². The molecular weight excluding hydrogens is 258 g/mol. The number of aromatic nitrogens is 1. The highest BCUT2D eigenvalue weighted by atomic mass is 16.4. The van der Waals surface area contributed by atoms with Crippen LogP contribution in [0.15, 0.2) is 24.5 Å². The number of aliphatic carboxylic acids is 1. The van der Waals surface area contributed by atoms with Gasteiger partial charge in [0.05, 0.1) is 0 Å². The fourth-order valence-electron chi connectivity index (χ4n) is 1.74. The molecule has 0 aromatic carbocycles. The van der Waals surface area contributed by atoms with E-state index in [0.29, 0.717) is 19.4 Å². The van der Waals surface area contributed by atoms with Crippen LogP contribution in [0.3, 0.4) is 0 Å². The number of unbranched alkanes of at least 4 members (excludes halogenated alkanes) is 1. The Labute approximate surface area is 118 Å². The van der Waals surface area contributed by atoms with Crippen molar-refractivity contribution < 1.29 is 14.7 Å². The van der Waals surface area contributed by atoms with Crippen molar-refractivity contribution in [2.75, 3.05) is 6.54 Å². The summed E-state index contributed by atoms with van der Waals surface area (Å²) in [5.74, 6) is -0.997. The molecule has 0 radical (unpaired) electrons. The second-order valence-corrected chi connectivity index (χ2v) is 4.54. The molecule has 6 nitrogen and oxygen atoms in total. The summed E-state index contributed by atoms with van der Waals surface area (Å²) in [6.07, 6.45) is 6.19. The number of hydrogen-bond acceptors (Lipinski definition) is 3. The maximum Gasteiger partial charge on any atom is 0.326 e. The second kappa shape index (κ2) is 8.90. The normalized spacial score (nSPS) is 11.7. The minimum absolute atomic E-state index is 0.442. The zero-order chi connectivity index (χ0) is 14.8. The number of carbonyl (C=O) groups excluding carboxylic acids is 1. The van der Waals surface area contributed by atoms with Gasteiger partial charge < -0.3 is 15.7 Å². The predicted octanol–water partition coefficient (Wildman–Crippen LogP) is 1.57. The summed E-state index contributed by atoms with van der Waals surface area (Å²) in [6, 6.07) is 2.49. The Kier molecular flexibility index (Phi) is 7.10. The number of rotatable bonds is 8. The minimum atomic E-state index is -0.997. The van der Waals surface area contributed by atoms with Crippen molar-refractivity contribution in [2.45, 2.75) is 38.6 Å². The van der Waals surface area contributed by atoms with Crippen LogP contribution in [0.5, 0.6) is 0 Å². The molecule has 1 unspecified atom stereocenters. The summed E-state index contributed by atoms with van der Waals surface area (Å²) in [5.41, 5.74) is 1.07. The maximum atomic E-state index is 11.6. The molecule has 0 aliphatic heterocycles. The van der Waals surface area contributed by atoms with Crippen molar-refractivity contribution in [1.29, 1.82) is 0 Å². The number of urea groups is 1. The van der Waals surface area contributed by atoms with E-state index in [2.05, 4.69) is 15.6 Å². The first-order chi connectivity index (χ1) is 9.63. The Hall–Kier alpha value is -2.11. The van der Waals surface area contributed by atoms with Gasteiger partial charge in [0.2, 0.25) is 0 Å². The Balaban J connectivity index is 2.29. The number of carboxylic acids is 1. The molecule has 1 aromatic heterocycles. The van der Waals surface area contributed by atoms with Gasteiger partial charge in [-0.2, -0.15) is 0 Å². The quantitative estimate of drug-likeness (QED) is 0.673. The van der Waals surface area contributed by atoms with E-state index < -0.39 is 18.0 Å². The molecule has 20 heavy (non-hydrogen) atoms. The van der Waals surface area contributed by atoms with E-state index in [4.69, 9.17) is 5.11 Å². The highest BCUT2D eigenvalue weighted by Gasteiger charge is 2.18. The van der Waals surface area contributed by atoms with Crippen molar-refractivity contribution in [3.05, 3.63) is 30.1 Å². The van der Waals surface area contributed by atoms with Gasteiger partial charge in [-0.15, -0.1) is 0 Å². The van der Waals surface area contributed by atoms with Crippen molar-refractivity contribution >= 4 is 12.0 Å². The third kappa shape index (κ3) is 6.17. The molecule has 0 spiro atoms. The van der Waals surface area contributed by atoms with Gasteiger partial charge in [-0.05, 0) is 30.5 Å². The first kappa shape index (κ1) is 15.9. The van der Waals surface area contributed by atoms with Gasteiger partial charge in [-0.1, -0.05) is 19.8 Å². The highest BCUT2D eigenvalue weighted by molar-refractivity contribution is 5.82. The average Bonchev–Trinajstić information content (AvgIpc) is 2.44. The van der Waals surface area contributed by atoms with E-state index in [1.54, 1.807) is 12.4 Å². The maximum absolute atomic E-state index is 11.6. The van der Waals surface area contributed by atoms with Gasteiger partial charge in [0.1, 0.15) is 6.04 Å². The zero-order valence-electron chi connectivity index (χ0n) is 11.6. The molecule has 0 bridgehead atoms. The van der Waals surface area contributed by atoms with Gasteiger partial charge in [-0.25, -0.2) is 9.59 Å². The van der Waals surface area contributed by atoms with Gasteiger partial charge in [0.25, 0.3) is 0 Å². The van der Waals surface area contributed by atoms with Crippen LogP contribution in [0, 0.1) is 0 Å². The Morgan fingerprint density at radius 3 is 2.65 bits per heavy atom. The van der Waals surface area contributed by atoms with Gasteiger partial charge in [-0.3, -0.25) is 4.98 Å². The lowest BCUT2D eigenvalue weighted by Gasteiger charge is -2.14. The molecular formula is C14H21N3O3. The standard InChI is InChI=1S/C14H21N3O3/c1-2-3-4-12(13(18)19)17-14(20)16-10-7-11-5-8-15-9-6-11/h5-6,8-9,12H,2-4,7,10H2,1H3,(H,18,19)(H2,16,17,20). The summed E-state index contributed by atoms with van der Waals surface area (Å²) < 4.78 is 0. The van der Waals surface area contributed by atoms with Crippen LogP contribution in [-0.4, -0.2) is 34.7 Å². The average molecular weight is 279 g/mol. The first-order valence-electron chi connectivity index (χ1n) is 6.79. The second-order valence-electron chi connectivity index (χ2n) is 4.54. The minimum Gasteiger partial charge on any atom is -0.480 e. The smallest absolute Gasteiger partial charge is 0.326 e. The Morgan fingerprint density at radius 2 is 2.05 bits per heavy atom. The fraction of sp³-hybridized carbons (Fsp3) is 0.500.